The minimum atomic E-state index is -0.492. The van der Waals surface area contributed by atoms with E-state index in [1.165, 1.54) is 29.8 Å². The van der Waals surface area contributed by atoms with Crippen LogP contribution < -0.4 is 5.32 Å². The molecular weight excluding hydrogens is 372 g/mol. The van der Waals surface area contributed by atoms with Crippen molar-refractivity contribution in [3.05, 3.63) is 87.3 Å². The number of hydrogen-bond acceptors (Lipinski definition) is 6. The third-order valence-corrected chi connectivity index (χ3v) is 4.21. The minimum Gasteiger partial charge on any atom is -0.407 e. The van der Waals surface area contributed by atoms with E-state index in [1.54, 1.807) is 12.1 Å². The van der Waals surface area contributed by atoms with Crippen molar-refractivity contribution < 1.29 is 14.1 Å². The molecule has 148 valence electrons. The smallest absolute Gasteiger partial charge is 0.322 e. The molecule has 0 atom stereocenters. The van der Waals surface area contributed by atoms with E-state index in [9.17, 15) is 14.9 Å². The number of carbonyl (C=O) groups excluding carboxylic acids is 1. The average molecular weight is 392 g/mol. The summed E-state index contributed by atoms with van der Waals surface area (Å²) in [6.07, 6.45) is 3.17. The summed E-state index contributed by atoms with van der Waals surface area (Å²) in [6, 6.07) is 14.1. The molecule has 1 N–H and O–H groups in total. The largest absolute Gasteiger partial charge is 0.407 e. The van der Waals surface area contributed by atoms with Crippen molar-refractivity contribution in [1.29, 1.82) is 0 Å². The number of hydrogen-bond donors (Lipinski definition) is 1. The number of nitro groups is 1. The van der Waals surface area contributed by atoms with Crippen LogP contribution in [-0.2, 0) is 11.2 Å². The topological polar surface area (TPSA) is 111 Å². The van der Waals surface area contributed by atoms with E-state index in [0.717, 1.165) is 5.56 Å². The summed E-state index contributed by atoms with van der Waals surface area (Å²) in [6.45, 7) is 4.27. The highest BCUT2D eigenvalue weighted by atomic mass is 16.6. The molecule has 0 unspecified atom stereocenters. The van der Waals surface area contributed by atoms with Gasteiger partial charge in [-0.15, -0.1) is 5.10 Å². The number of benzene rings is 2. The van der Waals surface area contributed by atoms with Crippen molar-refractivity contribution in [2.75, 3.05) is 5.32 Å². The fraction of sp³-hybridized carbons (Fsp3) is 0.190. The number of nitro benzene ring substituents is 1. The Kier molecular flexibility index (Phi) is 6.13. The third-order valence-electron chi connectivity index (χ3n) is 4.21. The lowest BCUT2D eigenvalue weighted by Gasteiger charge is -2.05. The van der Waals surface area contributed by atoms with Crippen molar-refractivity contribution in [3.8, 4) is 0 Å². The Balaban J connectivity index is 1.58. The highest BCUT2D eigenvalue weighted by Gasteiger charge is 2.10. The molecule has 0 saturated carbocycles. The zero-order valence-electron chi connectivity index (χ0n) is 16.0. The summed E-state index contributed by atoms with van der Waals surface area (Å²) in [5, 5.41) is 21.0. The van der Waals surface area contributed by atoms with Crippen molar-refractivity contribution in [3.63, 3.8) is 0 Å². The van der Waals surface area contributed by atoms with Gasteiger partial charge in [-0.1, -0.05) is 55.3 Å². The predicted molar refractivity (Wildman–Crippen MR) is 108 cm³/mol. The van der Waals surface area contributed by atoms with E-state index in [4.69, 9.17) is 4.42 Å². The van der Waals surface area contributed by atoms with Crippen molar-refractivity contribution >= 4 is 23.7 Å². The molecule has 0 aliphatic carbocycles. The fourth-order valence-electron chi connectivity index (χ4n) is 2.63. The number of carbonyl (C=O) groups is 1. The molecule has 0 spiro atoms. The Morgan fingerprint density at radius 3 is 2.66 bits per heavy atom. The first kappa shape index (κ1) is 19.9. The van der Waals surface area contributed by atoms with Crippen LogP contribution >= 0.6 is 0 Å². The Labute approximate surface area is 167 Å². The van der Waals surface area contributed by atoms with E-state index in [1.807, 2.05) is 12.1 Å². The molecule has 0 saturated heterocycles. The van der Waals surface area contributed by atoms with Crippen LogP contribution in [-0.4, -0.2) is 21.0 Å². The van der Waals surface area contributed by atoms with Gasteiger partial charge in [-0.2, -0.15) is 0 Å². The van der Waals surface area contributed by atoms with Gasteiger partial charge in [0.1, 0.15) is 0 Å². The molecule has 8 heteroatoms. The van der Waals surface area contributed by atoms with Crippen molar-refractivity contribution in [1.82, 2.24) is 10.2 Å². The first-order valence-electron chi connectivity index (χ1n) is 9.05. The third kappa shape index (κ3) is 5.58. The molecule has 0 bridgehead atoms. The highest BCUT2D eigenvalue weighted by Crippen LogP contribution is 2.17. The number of rotatable bonds is 7. The van der Waals surface area contributed by atoms with Gasteiger partial charge < -0.3 is 4.42 Å². The maximum absolute atomic E-state index is 12.0. The van der Waals surface area contributed by atoms with Crippen LogP contribution in [0.5, 0.6) is 0 Å². The summed E-state index contributed by atoms with van der Waals surface area (Å²) in [5.41, 5.74) is 2.77. The van der Waals surface area contributed by atoms with E-state index in [-0.39, 0.29) is 11.7 Å². The highest BCUT2D eigenvalue weighted by molar-refractivity contribution is 6.00. The molecular formula is C21H20N4O4. The SMILES string of the molecule is CC(C)c1ccc(Cc2nnc(NC(=O)/C=C/c3cccc([N+](=O)[O-])c3)o2)cc1. The zero-order valence-corrected chi connectivity index (χ0v) is 16.0. The minimum absolute atomic E-state index is 0.00695. The van der Waals surface area contributed by atoms with Gasteiger partial charge in [0.15, 0.2) is 0 Å². The maximum Gasteiger partial charge on any atom is 0.322 e. The van der Waals surface area contributed by atoms with Crippen molar-refractivity contribution in [2.45, 2.75) is 26.2 Å². The number of nitrogens with zero attached hydrogens (tertiary/aromatic N) is 3. The number of nitrogens with one attached hydrogen (secondary N) is 1. The van der Waals surface area contributed by atoms with Crippen LogP contribution in [0.4, 0.5) is 11.7 Å². The van der Waals surface area contributed by atoms with Gasteiger partial charge in [-0.05, 0) is 28.7 Å². The second-order valence-corrected chi connectivity index (χ2v) is 6.75. The Hall–Kier alpha value is -3.81. The number of non-ortho nitro benzene ring substituents is 1. The Bertz CT molecular complexity index is 1040. The fourth-order valence-corrected chi connectivity index (χ4v) is 2.63. The maximum atomic E-state index is 12.0. The van der Waals surface area contributed by atoms with Crippen molar-refractivity contribution in [2.24, 2.45) is 0 Å². The van der Waals surface area contributed by atoms with Gasteiger partial charge in [0.2, 0.25) is 5.89 Å². The summed E-state index contributed by atoms with van der Waals surface area (Å²) in [5.74, 6) is 0.373. The van der Waals surface area contributed by atoms with Gasteiger partial charge in [-0.3, -0.25) is 20.2 Å². The van der Waals surface area contributed by atoms with E-state index < -0.39 is 10.8 Å². The van der Waals surface area contributed by atoms with Gasteiger partial charge in [0.25, 0.3) is 11.6 Å². The van der Waals surface area contributed by atoms with E-state index in [2.05, 4.69) is 41.5 Å². The van der Waals surface area contributed by atoms with Gasteiger partial charge in [0.05, 0.1) is 11.3 Å². The van der Waals surface area contributed by atoms with Crippen LogP contribution in [0.25, 0.3) is 6.08 Å². The molecule has 0 radical (unpaired) electrons. The summed E-state index contributed by atoms with van der Waals surface area (Å²) >= 11 is 0. The second-order valence-electron chi connectivity index (χ2n) is 6.75. The molecule has 0 aliphatic heterocycles. The Morgan fingerprint density at radius 1 is 1.21 bits per heavy atom. The second kappa shape index (κ2) is 8.92. The van der Waals surface area contributed by atoms with Gasteiger partial charge in [-0.25, -0.2) is 0 Å². The summed E-state index contributed by atoms with van der Waals surface area (Å²) in [4.78, 5) is 22.3. The number of anilines is 1. The lowest BCUT2D eigenvalue weighted by Crippen LogP contribution is -2.07. The molecule has 1 heterocycles. The van der Waals surface area contributed by atoms with E-state index in [0.29, 0.717) is 23.8 Å². The molecule has 1 aromatic heterocycles. The normalized spacial score (nSPS) is 11.1. The van der Waals surface area contributed by atoms with Gasteiger partial charge in [0, 0.05) is 18.2 Å². The van der Waals surface area contributed by atoms with Crippen LogP contribution in [0.15, 0.2) is 59.0 Å². The molecule has 29 heavy (non-hydrogen) atoms. The quantitative estimate of drug-likeness (QED) is 0.364. The monoisotopic (exact) mass is 392 g/mol. The molecule has 0 fully saturated rings. The molecule has 2 aromatic carbocycles. The van der Waals surface area contributed by atoms with Crippen LogP contribution in [0, 0.1) is 10.1 Å². The van der Waals surface area contributed by atoms with E-state index >= 15 is 0 Å². The first-order valence-corrected chi connectivity index (χ1v) is 9.05. The standard InChI is InChI=1S/C21H20N4O4/c1-14(2)17-9-6-16(7-10-17)13-20-23-24-21(29-20)22-19(26)11-8-15-4-3-5-18(12-15)25(27)28/h3-12,14H,13H2,1-2H3,(H,22,24,26)/b11-8+. The lowest BCUT2D eigenvalue weighted by atomic mass is 10.0. The van der Waals surface area contributed by atoms with Crippen LogP contribution in [0.2, 0.25) is 0 Å². The lowest BCUT2D eigenvalue weighted by molar-refractivity contribution is -0.384. The zero-order chi connectivity index (χ0) is 20.8. The predicted octanol–water partition coefficient (Wildman–Crippen LogP) is 4.34. The first-order chi connectivity index (χ1) is 13.9. The molecule has 1 amide bonds. The van der Waals surface area contributed by atoms with Crippen LogP contribution in [0.3, 0.4) is 0 Å². The number of amides is 1. The molecule has 0 aliphatic rings. The average Bonchev–Trinajstić information content (AvgIpc) is 3.13. The van der Waals surface area contributed by atoms with Crippen LogP contribution in [0.1, 0.15) is 42.3 Å². The molecule has 3 rings (SSSR count). The molecule has 3 aromatic rings. The summed E-state index contributed by atoms with van der Waals surface area (Å²) in [7, 11) is 0. The molecule has 8 nitrogen and oxygen atoms in total. The summed E-state index contributed by atoms with van der Waals surface area (Å²) < 4.78 is 5.46. The van der Waals surface area contributed by atoms with Gasteiger partial charge >= 0.3 is 6.01 Å². The number of aromatic nitrogens is 2. The Morgan fingerprint density at radius 2 is 1.97 bits per heavy atom.